The van der Waals surface area contributed by atoms with Crippen LogP contribution in [0.5, 0.6) is 11.5 Å². The summed E-state index contributed by atoms with van der Waals surface area (Å²) in [4.78, 5) is 22.6. The lowest BCUT2D eigenvalue weighted by molar-refractivity contribution is -0.386. The van der Waals surface area contributed by atoms with Crippen molar-refractivity contribution in [1.29, 1.82) is 0 Å². The van der Waals surface area contributed by atoms with Gasteiger partial charge >= 0.3 is 5.69 Å². The van der Waals surface area contributed by atoms with E-state index in [1.54, 1.807) is 19.2 Å². The second-order valence-corrected chi connectivity index (χ2v) is 5.63. The maximum Gasteiger partial charge on any atom is 0.312 e. The van der Waals surface area contributed by atoms with Gasteiger partial charge in [-0.05, 0) is 36.8 Å². The second-order valence-electron chi connectivity index (χ2n) is 5.20. The third-order valence-corrected chi connectivity index (χ3v) is 3.65. The van der Waals surface area contributed by atoms with Gasteiger partial charge in [0.05, 0.1) is 12.0 Å². The number of carbonyl (C=O) groups is 1. The van der Waals surface area contributed by atoms with E-state index < -0.39 is 11.0 Å². The van der Waals surface area contributed by atoms with Gasteiger partial charge in [-0.3, -0.25) is 14.9 Å². The van der Waals surface area contributed by atoms with Gasteiger partial charge in [-0.2, -0.15) is 0 Å². The fourth-order valence-corrected chi connectivity index (χ4v) is 2.22. The number of carbonyl (C=O) groups excluding carboxylic acids is 1. The van der Waals surface area contributed by atoms with Crippen LogP contribution in [0.1, 0.15) is 12.5 Å². The quantitative estimate of drug-likeness (QED) is 0.601. The van der Waals surface area contributed by atoms with Crippen LogP contribution >= 0.6 is 11.6 Å². The molecule has 25 heavy (non-hydrogen) atoms. The summed E-state index contributed by atoms with van der Waals surface area (Å²) in [5.41, 5.74) is 0.598. The summed E-state index contributed by atoms with van der Waals surface area (Å²) in [5.74, 6) is 0.323. The van der Waals surface area contributed by atoms with Crippen LogP contribution in [0.15, 0.2) is 42.5 Å². The van der Waals surface area contributed by atoms with Gasteiger partial charge in [0.15, 0.2) is 11.9 Å². The summed E-state index contributed by atoms with van der Waals surface area (Å²) in [6, 6.07) is 11.2. The predicted molar refractivity (Wildman–Crippen MR) is 93.0 cm³/mol. The second kappa shape index (κ2) is 8.34. The smallest absolute Gasteiger partial charge is 0.312 e. The number of nitro groups is 1. The van der Waals surface area contributed by atoms with Crippen molar-refractivity contribution in [2.45, 2.75) is 19.6 Å². The van der Waals surface area contributed by atoms with Crippen LogP contribution in [-0.2, 0) is 11.3 Å². The van der Waals surface area contributed by atoms with Crippen molar-refractivity contribution in [2.75, 3.05) is 7.11 Å². The molecule has 1 N–H and O–H groups in total. The molecule has 0 aromatic heterocycles. The maximum atomic E-state index is 12.1. The van der Waals surface area contributed by atoms with Crippen LogP contribution in [0, 0.1) is 10.1 Å². The van der Waals surface area contributed by atoms with E-state index in [1.807, 2.05) is 12.1 Å². The van der Waals surface area contributed by atoms with E-state index >= 15 is 0 Å². The molecule has 0 heterocycles. The number of methoxy groups -OCH3 is 1. The minimum absolute atomic E-state index is 0.0125. The Morgan fingerprint density at radius 1 is 1.28 bits per heavy atom. The Kier molecular flexibility index (Phi) is 6.19. The summed E-state index contributed by atoms with van der Waals surface area (Å²) in [7, 11) is 1.58. The van der Waals surface area contributed by atoms with Gasteiger partial charge in [-0.25, -0.2) is 0 Å². The van der Waals surface area contributed by atoms with Crippen LogP contribution in [0.25, 0.3) is 0 Å². The van der Waals surface area contributed by atoms with E-state index in [9.17, 15) is 14.9 Å². The first-order chi connectivity index (χ1) is 11.9. The molecule has 0 aliphatic heterocycles. The summed E-state index contributed by atoms with van der Waals surface area (Å²) in [6.45, 7) is 1.82. The molecule has 0 unspecified atom stereocenters. The molecule has 132 valence electrons. The van der Waals surface area contributed by atoms with Crippen LogP contribution in [0.4, 0.5) is 5.69 Å². The normalized spacial score (nSPS) is 11.5. The van der Waals surface area contributed by atoms with E-state index in [2.05, 4.69) is 5.32 Å². The molecule has 8 heteroatoms. The molecule has 0 saturated heterocycles. The SMILES string of the molecule is COc1ccc(CNC(=O)[C@H](C)Oc2ccc(Cl)cc2[N+](=O)[O-])cc1. The topological polar surface area (TPSA) is 90.7 Å². The number of nitrogens with zero attached hydrogens (tertiary/aromatic N) is 1. The van der Waals surface area contributed by atoms with Gasteiger partial charge in [0.25, 0.3) is 5.91 Å². The zero-order chi connectivity index (χ0) is 18.4. The first-order valence-electron chi connectivity index (χ1n) is 7.42. The molecule has 0 radical (unpaired) electrons. The van der Waals surface area contributed by atoms with E-state index in [0.29, 0.717) is 6.54 Å². The number of ether oxygens (including phenoxy) is 2. The van der Waals surface area contributed by atoms with Crippen LogP contribution in [-0.4, -0.2) is 24.0 Å². The summed E-state index contributed by atoms with van der Waals surface area (Å²) in [6.07, 6.45) is -0.905. The highest BCUT2D eigenvalue weighted by molar-refractivity contribution is 6.30. The maximum absolute atomic E-state index is 12.1. The minimum Gasteiger partial charge on any atom is -0.497 e. The zero-order valence-corrected chi connectivity index (χ0v) is 14.4. The monoisotopic (exact) mass is 364 g/mol. The highest BCUT2D eigenvalue weighted by Crippen LogP contribution is 2.30. The van der Waals surface area contributed by atoms with Crippen LogP contribution < -0.4 is 14.8 Å². The van der Waals surface area contributed by atoms with E-state index in [0.717, 1.165) is 11.3 Å². The van der Waals surface area contributed by atoms with E-state index in [4.69, 9.17) is 21.1 Å². The van der Waals surface area contributed by atoms with Crippen LogP contribution in [0.2, 0.25) is 5.02 Å². The fourth-order valence-electron chi connectivity index (χ4n) is 2.05. The van der Waals surface area contributed by atoms with Gasteiger partial charge in [-0.15, -0.1) is 0 Å². The fraction of sp³-hybridized carbons (Fsp3) is 0.235. The van der Waals surface area contributed by atoms with Crippen molar-refractivity contribution in [3.8, 4) is 11.5 Å². The lowest BCUT2D eigenvalue weighted by Gasteiger charge is -2.15. The number of nitrogens with one attached hydrogen (secondary N) is 1. The number of amides is 1. The molecule has 2 aromatic carbocycles. The van der Waals surface area contributed by atoms with Crippen molar-refractivity contribution >= 4 is 23.2 Å². The Bertz CT molecular complexity index is 764. The molecule has 0 saturated carbocycles. The number of benzene rings is 2. The molecule has 0 bridgehead atoms. The van der Waals surface area contributed by atoms with Crippen molar-refractivity contribution in [3.05, 3.63) is 63.2 Å². The first kappa shape index (κ1) is 18.5. The standard InChI is InChI=1S/C17H17ClN2O5/c1-11(25-16-8-5-13(18)9-15(16)20(22)23)17(21)19-10-12-3-6-14(24-2)7-4-12/h3-9,11H,10H2,1-2H3,(H,19,21)/t11-/m0/s1. The Balaban J connectivity index is 1.97. The molecule has 0 aliphatic rings. The van der Waals surface area contributed by atoms with Crippen molar-refractivity contribution < 1.29 is 19.2 Å². The van der Waals surface area contributed by atoms with Gasteiger partial charge in [0.2, 0.25) is 0 Å². The minimum atomic E-state index is -0.905. The van der Waals surface area contributed by atoms with Crippen molar-refractivity contribution in [2.24, 2.45) is 0 Å². The van der Waals surface area contributed by atoms with Crippen LogP contribution in [0.3, 0.4) is 0 Å². The third-order valence-electron chi connectivity index (χ3n) is 3.42. The lowest BCUT2D eigenvalue weighted by Crippen LogP contribution is -2.36. The molecule has 1 amide bonds. The predicted octanol–water partition coefficient (Wildman–Crippen LogP) is 3.34. The van der Waals surface area contributed by atoms with Gasteiger partial charge < -0.3 is 14.8 Å². The average Bonchev–Trinajstić information content (AvgIpc) is 2.61. The first-order valence-corrected chi connectivity index (χ1v) is 7.79. The zero-order valence-electron chi connectivity index (χ0n) is 13.7. The molecule has 0 fully saturated rings. The number of nitro benzene ring substituents is 1. The molecule has 0 spiro atoms. The molecular weight excluding hydrogens is 348 g/mol. The van der Waals surface area contributed by atoms with Crippen molar-refractivity contribution in [1.82, 2.24) is 5.32 Å². The average molecular weight is 365 g/mol. The van der Waals surface area contributed by atoms with E-state index in [1.165, 1.54) is 25.1 Å². The Labute approximate surface area is 149 Å². The van der Waals surface area contributed by atoms with Crippen molar-refractivity contribution in [3.63, 3.8) is 0 Å². The molecule has 7 nitrogen and oxygen atoms in total. The number of hydrogen-bond acceptors (Lipinski definition) is 5. The largest absolute Gasteiger partial charge is 0.497 e. The summed E-state index contributed by atoms with van der Waals surface area (Å²) in [5, 5.41) is 14.0. The Morgan fingerprint density at radius 3 is 2.56 bits per heavy atom. The molecule has 1 atom stereocenters. The number of rotatable bonds is 7. The number of halogens is 1. The Hall–Kier alpha value is -2.80. The third kappa shape index (κ3) is 5.09. The Morgan fingerprint density at radius 2 is 1.96 bits per heavy atom. The van der Waals surface area contributed by atoms with Gasteiger partial charge in [-0.1, -0.05) is 23.7 Å². The van der Waals surface area contributed by atoms with Gasteiger partial charge in [0, 0.05) is 17.6 Å². The van der Waals surface area contributed by atoms with Gasteiger partial charge in [0.1, 0.15) is 5.75 Å². The molecule has 0 aliphatic carbocycles. The lowest BCUT2D eigenvalue weighted by atomic mass is 10.2. The highest BCUT2D eigenvalue weighted by Gasteiger charge is 2.21. The molecule has 2 aromatic rings. The molecular formula is C17H17ClN2O5. The van der Waals surface area contributed by atoms with E-state index in [-0.39, 0.29) is 22.4 Å². The molecule has 2 rings (SSSR count). The summed E-state index contributed by atoms with van der Waals surface area (Å²) >= 11 is 5.75. The summed E-state index contributed by atoms with van der Waals surface area (Å²) < 4.78 is 10.5. The number of hydrogen-bond donors (Lipinski definition) is 1. The highest BCUT2D eigenvalue weighted by atomic mass is 35.5.